The fraction of sp³-hybridized carbons (Fsp3) is 0.273. The smallest absolute Gasteiger partial charge is 0.323 e. The van der Waals surface area contributed by atoms with Gasteiger partial charge in [0.15, 0.2) is 0 Å². The maximum atomic E-state index is 5.45. The first kappa shape index (κ1) is 13.0. The fourth-order valence-corrected chi connectivity index (χ4v) is 1.36. The van der Waals surface area contributed by atoms with E-state index in [-0.39, 0.29) is 12.0 Å². The molecule has 0 spiro atoms. The summed E-state index contributed by atoms with van der Waals surface area (Å²) < 4.78 is 7.09. The lowest BCUT2D eigenvalue weighted by molar-refractivity contribution is 0.287. The Bertz CT molecular complexity index is 526. The van der Waals surface area contributed by atoms with Gasteiger partial charge in [-0.05, 0) is 12.8 Å². The summed E-state index contributed by atoms with van der Waals surface area (Å²) >= 11 is 0. The van der Waals surface area contributed by atoms with Gasteiger partial charge in [-0.25, -0.2) is 10.8 Å². The SMILES string of the molecule is C=CCCCOc1nc(NN)nc(-n2ccnc2)n1. The molecule has 0 unspecified atom stereocenters. The first-order chi connectivity index (χ1) is 9.33. The second kappa shape index (κ2) is 6.45. The van der Waals surface area contributed by atoms with E-state index in [1.807, 2.05) is 6.08 Å². The molecule has 0 fully saturated rings. The first-order valence-electron chi connectivity index (χ1n) is 5.78. The zero-order chi connectivity index (χ0) is 13.5. The Labute approximate surface area is 110 Å². The Morgan fingerprint density at radius 2 is 2.32 bits per heavy atom. The Morgan fingerprint density at radius 3 is 3.00 bits per heavy atom. The molecular formula is C11H15N7O. The van der Waals surface area contributed by atoms with Crippen molar-refractivity contribution in [3.8, 4) is 12.0 Å². The van der Waals surface area contributed by atoms with Gasteiger partial charge in [0.05, 0.1) is 6.61 Å². The van der Waals surface area contributed by atoms with E-state index >= 15 is 0 Å². The number of rotatable bonds is 7. The molecule has 0 saturated carbocycles. The van der Waals surface area contributed by atoms with Gasteiger partial charge in [-0.2, -0.15) is 15.0 Å². The third kappa shape index (κ3) is 3.49. The molecule has 0 saturated heterocycles. The lowest BCUT2D eigenvalue weighted by Gasteiger charge is -2.07. The third-order valence-electron chi connectivity index (χ3n) is 2.25. The zero-order valence-corrected chi connectivity index (χ0v) is 10.4. The molecule has 0 aliphatic rings. The van der Waals surface area contributed by atoms with Crippen LogP contribution in [0.5, 0.6) is 6.01 Å². The van der Waals surface area contributed by atoms with Gasteiger partial charge in [0, 0.05) is 12.4 Å². The van der Waals surface area contributed by atoms with Crippen molar-refractivity contribution in [2.45, 2.75) is 12.8 Å². The van der Waals surface area contributed by atoms with E-state index < -0.39 is 0 Å². The highest BCUT2D eigenvalue weighted by atomic mass is 16.5. The molecule has 3 N–H and O–H groups in total. The standard InChI is InChI=1S/C11H15N7O/c1-2-3-4-7-19-11-15-9(17-12)14-10(16-11)18-6-5-13-8-18/h2,5-6,8H,1,3-4,7,12H2,(H,14,15,16,17). The van der Waals surface area contributed by atoms with Crippen LogP contribution in [0, 0.1) is 0 Å². The molecule has 0 aliphatic carbocycles. The van der Waals surface area contributed by atoms with E-state index in [9.17, 15) is 0 Å². The van der Waals surface area contributed by atoms with Crippen LogP contribution in [-0.4, -0.2) is 31.1 Å². The van der Waals surface area contributed by atoms with Crippen LogP contribution in [-0.2, 0) is 0 Å². The van der Waals surface area contributed by atoms with Crippen molar-refractivity contribution in [1.29, 1.82) is 0 Å². The van der Waals surface area contributed by atoms with Crippen molar-refractivity contribution in [2.24, 2.45) is 5.84 Å². The molecule has 0 atom stereocenters. The number of nitrogens with zero attached hydrogens (tertiary/aromatic N) is 5. The molecule has 0 aromatic carbocycles. The van der Waals surface area contributed by atoms with Crippen LogP contribution in [0.1, 0.15) is 12.8 Å². The summed E-state index contributed by atoms with van der Waals surface area (Å²) in [7, 11) is 0. The number of unbranched alkanes of at least 4 members (excludes halogenated alkanes) is 1. The Balaban J connectivity index is 2.14. The Kier molecular flexibility index (Phi) is 4.40. The van der Waals surface area contributed by atoms with Crippen molar-refractivity contribution in [3.05, 3.63) is 31.4 Å². The fourth-order valence-electron chi connectivity index (χ4n) is 1.36. The molecule has 100 valence electrons. The number of hydrogen-bond donors (Lipinski definition) is 2. The average Bonchev–Trinajstić information content (AvgIpc) is 2.97. The summed E-state index contributed by atoms with van der Waals surface area (Å²) in [5.74, 6) is 5.94. The summed E-state index contributed by atoms with van der Waals surface area (Å²) in [5, 5.41) is 0. The van der Waals surface area contributed by atoms with Crippen LogP contribution in [0.3, 0.4) is 0 Å². The van der Waals surface area contributed by atoms with E-state index in [4.69, 9.17) is 10.6 Å². The van der Waals surface area contributed by atoms with Gasteiger partial charge in [-0.1, -0.05) is 6.08 Å². The van der Waals surface area contributed by atoms with E-state index in [2.05, 4.69) is 31.9 Å². The molecule has 0 aliphatic heterocycles. The van der Waals surface area contributed by atoms with Gasteiger partial charge in [-0.3, -0.25) is 9.99 Å². The van der Waals surface area contributed by atoms with E-state index in [1.165, 1.54) is 0 Å². The number of hydrazine groups is 1. The molecular weight excluding hydrogens is 246 g/mol. The molecule has 8 nitrogen and oxygen atoms in total. The number of allylic oxidation sites excluding steroid dienone is 1. The third-order valence-corrected chi connectivity index (χ3v) is 2.25. The summed E-state index contributed by atoms with van der Waals surface area (Å²) in [6.07, 6.45) is 8.49. The predicted molar refractivity (Wildman–Crippen MR) is 69.7 cm³/mol. The van der Waals surface area contributed by atoms with Gasteiger partial charge in [-0.15, -0.1) is 6.58 Å². The molecule has 2 heterocycles. The van der Waals surface area contributed by atoms with Crippen LogP contribution in [0.15, 0.2) is 31.4 Å². The van der Waals surface area contributed by atoms with Crippen molar-refractivity contribution >= 4 is 5.95 Å². The number of anilines is 1. The minimum atomic E-state index is 0.218. The number of aromatic nitrogens is 5. The van der Waals surface area contributed by atoms with Gasteiger partial charge >= 0.3 is 6.01 Å². The van der Waals surface area contributed by atoms with Gasteiger partial charge in [0.25, 0.3) is 0 Å². The lowest BCUT2D eigenvalue weighted by Crippen LogP contribution is -2.14. The molecule has 0 radical (unpaired) electrons. The normalized spacial score (nSPS) is 10.2. The number of nitrogens with two attached hydrogens (primary N) is 1. The molecule has 2 aromatic heterocycles. The van der Waals surface area contributed by atoms with E-state index in [0.717, 1.165) is 12.8 Å². The Hall–Kier alpha value is -2.48. The van der Waals surface area contributed by atoms with Crippen molar-refractivity contribution in [1.82, 2.24) is 24.5 Å². The van der Waals surface area contributed by atoms with Crippen molar-refractivity contribution in [2.75, 3.05) is 12.0 Å². The number of ether oxygens (including phenoxy) is 1. The first-order valence-corrected chi connectivity index (χ1v) is 5.78. The van der Waals surface area contributed by atoms with Gasteiger partial charge in [0.2, 0.25) is 11.9 Å². The summed E-state index contributed by atoms with van der Waals surface area (Å²) in [6, 6.07) is 0.218. The number of imidazole rings is 1. The zero-order valence-electron chi connectivity index (χ0n) is 10.4. The number of nitrogens with one attached hydrogen (secondary N) is 1. The maximum absolute atomic E-state index is 5.45. The second-order valence-corrected chi connectivity index (χ2v) is 3.64. The lowest BCUT2D eigenvalue weighted by atomic mass is 10.3. The van der Waals surface area contributed by atoms with Crippen LogP contribution >= 0.6 is 0 Å². The summed E-state index contributed by atoms with van der Waals surface area (Å²) in [4.78, 5) is 16.2. The second-order valence-electron chi connectivity index (χ2n) is 3.64. The van der Waals surface area contributed by atoms with Gasteiger partial charge < -0.3 is 4.74 Å². The topological polar surface area (TPSA) is 104 Å². The average molecular weight is 261 g/mol. The van der Waals surface area contributed by atoms with Gasteiger partial charge in [0.1, 0.15) is 6.33 Å². The highest BCUT2D eigenvalue weighted by Crippen LogP contribution is 2.10. The van der Waals surface area contributed by atoms with E-state index in [1.54, 1.807) is 23.3 Å². The number of hydrogen-bond acceptors (Lipinski definition) is 7. The van der Waals surface area contributed by atoms with Crippen LogP contribution in [0.25, 0.3) is 5.95 Å². The quantitative estimate of drug-likeness (QED) is 0.327. The molecule has 2 aromatic rings. The predicted octanol–water partition coefficient (Wildman–Crippen LogP) is 0.688. The maximum Gasteiger partial charge on any atom is 0.323 e. The minimum Gasteiger partial charge on any atom is -0.463 e. The molecule has 8 heteroatoms. The van der Waals surface area contributed by atoms with Crippen LogP contribution in [0.4, 0.5) is 5.95 Å². The monoisotopic (exact) mass is 261 g/mol. The van der Waals surface area contributed by atoms with E-state index in [0.29, 0.717) is 12.6 Å². The molecule has 19 heavy (non-hydrogen) atoms. The van der Waals surface area contributed by atoms with Crippen molar-refractivity contribution < 1.29 is 4.74 Å². The molecule has 0 amide bonds. The highest BCUT2D eigenvalue weighted by Gasteiger charge is 2.08. The molecule has 2 rings (SSSR count). The van der Waals surface area contributed by atoms with Crippen LogP contribution in [0.2, 0.25) is 0 Å². The van der Waals surface area contributed by atoms with Crippen molar-refractivity contribution in [3.63, 3.8) is 0 Å². The van der Waals surface area contributed by atoms with Crippen LogP contribution < -0.4 is 16.0 Å². The summed E-state index contributed by atoms with van der Waals surface area (Å²) in [5.41, 5.74) is 2.38. The Morgan fingerprint density at radius 1 is 1.42 bits per heavy atom. The molecule has 0 bridgehead atoms. The summed E-state index contributed by atoms with van der Waals surface area (Å²) in [6.45, 7) is 4.15. The highest BCUT2D eigenvalue weighted by molar-refractivity contribution is 5.28. The minimum absolute atomic E-state index is 0.218. The number of nitrogen functional groups attached to an aromatic ring is 1. The largest absolute Gasteiger partial charge is 0.463 e.